The van der Waals surface area contributed by atoms with Crippen molar-refractivity contribution >= 4 is 17.7 Å². The van der Waals surface area contributed by atoms with Gasteiger partial charge in [0.1, 0.15) is 17.5 Å². The Balaban J connectivity index is 1.26. The van der Waals surface area contributed by atoms with Crippen LogP contribution < -0.4 is 20.1 Å². The van der Waals surface area contributed by atoms with Gasteiger partial charge in [0.2, 0.25) is 23.6 Å². The van der Waals surface area contributed by atoms with E-state index in [9.17, 15) is 19.5 Å². The van der Waals surface area contributed by atoms with Crippen LogP contribution in [0, 0.1) is 6.92 Å². The number of phenolic OH excluding ortho intramolecular Hbond substituents is 1. The highest BCUT2D eigenvalue weighted by atomic mass is 16.5. The Bertz CT molecular complexity index is 1760. The third-order valence-electron chi connectivity index (χ3n) is 8.12. The van der Waals surface area contributed by atoms with Crippen LogP contribution in [-0.4, -0.2) is 68.4 Å². The Morgan fingerprint density at radius 3 is 2.83 bits per heavy atom. The number of amides is 3. The van der Waals surface area contributed by atoms with Gasteiger partial charge in [0, 0.05) is 49.6 Å². The van der Waals surface area contributed by atoms with Crippen LogP contribution in [0.25, 0.3) is 11.5 Å². The predicted molar refractivity (Wildman–Crippen MR) is 164 cm³/mol. The van der Waals surface area contributed by atoms with Gasteiger partial charge in [-0.1, -0.05) is 6.07 Å². The number of hydrogen-bond donors (Lipinski definition) is 3. The number of rotatable bonds is 5. The number of nitrogens with zero attached hydrogens (tertiary/aromatic N) is 4. The molecule has 0 aliphatic carbocycles. The molecule has 3 N–H and O–H groups in total. The lowest BCUT2D eigenvalue weighted by Gasteiger charge is -2.24. The molecule has 2 aliphatic heterocycles. The standard InChI is InChI=1S/C33H34N6O7/c1-19-24-17-36-32(43)25-15-23(37-30(41)9-6-22-16-34-11-12-35-22)18-39(25)31(42)10-4-20-3-7-26(40)28(13-20)46-29-14-21(33(38-24)45-19)5-8-27(29)44-2/h3,5,7-8,11-14,16,23,25,40H,4,6,9-10,15,17-18H2,1-2H3,(H,36,43)(H,37,41)/t23-,25-/m0/s1. The van der Waals surface area contributed by atoms with Crippen molar-refractivity contribution < 1.29 is 33.4 Å². The quantitative estimate of drug-likeness (QED) is 0.299. The number of oxazole rings is 1. The number of fused-ring (bicyclic) bond motifs is 8. The topological polar surface area (TPSA) is 169 Å². The van der Waals surface area contributed by atoms with Crippen LogP contribution in [0.15, 0.2) is 59.4 Å². The molecule has 13 heteroatoms. The van der Waals surface area contributed by atoms with Gasteiger partial charge in [0.25, 0.3) is 0 Å². The zero-order valence-corrected chi connectivity index (χ0v) is 25.5. The molecule has 6 bridgehead atoms. The zero-order chi connectivity index (χ0) is 32.2. The van der Waals surface area contributed by atoms with E-state index in [-0.39, 0.29) is 61.6 Å². The molecule has 0 saturated carbocycles. The summed E-state index contributed by atoms with van der Waals surface area (Å²) in [7, 11) is 1.51. The number of hydrogen-bond acceptors (Lipinski definition) is 10. The van der Waals surface area contributed by atoms with Gasteiger partial charge in [0.15, 0.2) is 23.0 Å². The maximum absolute atomic E-state index is 13.6. The molecule has 2 atom stereocenters. The van der Waals surface area contributed by atoms with Gasteiger partial charge in [-0.3, -0.25) is 24.4 Å². The normalized spacial score (nSPS) is 18.1. The Morgan fingerprint density at radius 2 is 2.02 bits per heavy atom. The summed E-state index contributed by atoms with van der Waals surface area (Å²) in [5, 5.41) is 16.5. The van der Waals surface area contributed by atoms with Gasteiger partial charge in [-0.05, 0) is 62.1 Å². The van der Waals surface area contributed by atoms with E-state index in [1.165, 1.54) is 18.1 Å². The third kappa shape index (κ3) is 6.77. The van der Waals surface area contributed by atoms with E-state index < -0.39 is 12.1 Å². The number of aromatic nitrogens is 3. The number of nitrogens with one attached hydrogen (secondary N) is 2. The average Bonchev–Trinajstić information content (AvgIpc) is 3.66. The fraction of sp³-hybridized carbons (Fsp3) is 0.333. The molecule has 2 aliphatic rings. The van der Waals surface area contributed by atoms with Crippen LogP contribution in [0.4, 0.5) is 0 Å². The van der Waals surface area contributed by atoms with Crippen LogP contribution >= 0.6 is 0 Å². The number of carbonyl (C=O) groups excluding carboxylic acids is 3. The summed E-state index contributed by atoms with van der Waals surface area (Å²) in [6.45, 7) is 2.03. The Kier molecular flexibility index (Phi) is 8.81. The van der Waals surface area contributed by atoms with Crippen molar-refractivity contribution in [2.24, 2.45) is 0 Å². The second-order valence-corrected chi connectivity index (χ2v) is 11.3. The van der Waals surface area contributed by atoms with Gasteiger partial charge in [-0.15, -0.1) is 0 Å². The summed E-state index contributed by atoms with van der Waals surface area (Å²) in [5.74, 6) is 0.930. The average molecular weight is 627 g/mol. The van der Waals surface area contributed by atoms with E-state index in [0.29, 0.717) is 52.9 Å². The minimum absolute atomic E-state index is 0.0830. The molecule has 1 fully saturated rings. The van der Waals surface area contributed by atoms with Gasteiger partial charge >= 0.3 is 0 Å². The van der Waals surface area contributed by atoms with Crippen LogP contribution in [-0.2, 0) is 33.8 Å². The molecule has 0 spiro atoms. The number of ether oxygens (including phenoxy) is 2. The number of aromatic hydroxyl groups is 1. The van der Waals surface area contributed by atoms with Crippen LogP contribution in [0.5, 0.6) is 23.0 Å². The lowest BCUT2D eigenvalue weighted by molar-refractivity contribution is -0.138. The maximum atomic E-state index is 13.6. The lowest BCUT2D eigenvalue weighted by Crippen LogP contribution is -2.46. The number of carbonyl (C=O) groups is 3. The van der Waals surface area contributed by atoms with Crippen molar-refractivity contribution in [3.63, 3.8) is 0 Å². The van der Waals surface area contributed by atoms with Crippen molar-refractivity contribution in [3.05, 3.63) is 77.7 Å². The van der Waals surface area contributed by atoms with Crippen molar-refractivity contribution in [1.29, 1.82) is 0 Å². The second kappa shape index (κ2) is 13.3. The van der Waals surface area contributed by atoms with E-state index in [1.54, 1.807) is 55.8 Å². The first-order valence-corrected chi connectivity index (χ1v) is 15.0. The summed E-state index contributed by atoms with van der Waals surface area (Å²) >= 11 is 0. The highest BCUT2D eigenvalue weighted by Gasteiger charge is 2.40. The van der Waals surface area contributed by atoms with Crippen LogP contribution in [0.3, 0.4) is 0 Å². The Labute approximate surface area is 265 Å². The van der Waals surface area contributed by atoms with Gasteiger partial charge in [-0.25, -0.2) is 4.98 Å². The molecule has 13 nitrogen and oxygen atoms in total. The second-order valence-electron chi connectivity index (χ2n) is 11.3. The monoisotopic (exact) mass is 626 g/mol. The highest BCUT2D eigenvalue weighted by molar-refractivity contribution is 5.89. The maximum Gasteiger partial charge on any atom is 0.243 e. The summed E-state index contributed by atoms with van der Waals surface area (Å²) in [4.78, 5) is 54.3. The van der Waals surface area contributed by atoms with Crippen LogP contribution in [0.2, 0.25) is 0 Å². The van der Waals surface area contributed by atoms with Gasteiger partial charge < -0.3 is 34.5 Å². The molecular formula is C33H34N6O7. The minimum Gasteiger partial charge on any atom is -0.504 e. The number of benzene rings is 2. The third-order valence-corrected chi connectivity index (χ3v) is 8.12. The molecule has 3 amide bonds. The summed E-state index contributed by atoms with van der Waals surface area (Å²) in [6.07, 6.45) is 6.09. The molecule has 4 heterocycles. The van der Waals surface area contributed by atoms with E-state index >= 15 is 0 Å². The summed E-state index contributed by atoms with van der Waals surface area (Å²) in [6, 6.07) is 8.88. The minimum atomic E-state index is -0.786. The molecule has 46 heavy (non-hydrogen) atoms. The molecule has 238 valence electrons. The van der Waals surface area contributed by atoms with Gasteiger partial charge in [0.05, 0.1) is 19.3 Å². The van der Waals surface area contributed by atoms with E-state index in [1.807, 2.05) is 0 Å². The molecule has 6 rings (SSSR count). The fourth-order valence-electron chi connectivity index (χ4n) is 5.67. The van der Waals surface area contributed by atoms with E-state index in [0.717, 1.165) is 5.56 Å². The number of methoxy groups -OCH3 is 1. The van der Waals surface area contributed by atoms with Crippen LogP contribution in [0.1, 0.15) is 42.0 Å². The fourth-order valence-corrected chi connectivity index (χ4v) is 5.67. The predicted octanol–water partition coefficient (Wildman–Crippen LogP) is 3.23. The van der Waals surface area contributed by atoms with Crippen molar-refractivity contribution in [2.75, 3.05) is 13.7 Å². The largest absolute Gasteiger partial charge is 0.504 e. The summed E-state index contributed by atoms with van der Waals surface area (Å²) in [5.41, 5.74) is 2.59. The molecule has 2 aromatic carbocycles. The lowest BCUT2D eigenvalue weighted by atomic mass is 10.1. The van der Waals surface area contributed by atoms with Crippen molar-refractivity contribution in [2.45, 2.75) is 57.7 Å². The summed E-state index contributed by atoms with van der Waals surface area (Å²) < 4.78 is 17.5. The molecule has 1 saturated heterocycles. The smallest absolute Gasteiger partial charge is 0.243 e. The number of phenols is 1. The Hall–Kier alpha value is -5.46. The molecule has 0 radical (unpaired) electrons. The van der Waals surface area contributed by atoms with Crippen molar-refractivity contribution in [1.82, 2.24) is 30.5 Å². The first kappa shape index (κ1) is 30.6. The van der Waals surface area contributed by atoms with E-state index in [4.69, 9.17) is 13.9 Å². The van der Waals surface area contributed by atoms with Crippen molar-refractivity contribution in [3.8, 4) is 34.5 Å². The van der Waals surface area contributed by atoms with E-state index in [2.05, 4.69) is 25.6 Å². The highest BCUT2D eigenvalue weighted by Crippen LogP contribution is 2.39. The number of aryl methyl sites for hydroxylation is 3. The first-order valence-electron chi connectivity index (χ1n) is 15.0. The molecule has 4 aromatic rings. The van der Waals surface area contributed by atoms with Gasteiger partial charge in [-0.2, -0.15) is 0 Å². The molecule has 2 aromatic heterocycles. The molecular weight excluding hydrogens is 592 g/mol. The SMILES string of the molecule is COc1ccc2cc1Oc1cc(ccc1O)CCC(=O)N1C[C@@H](NC(=O)CCc3cnccn3)C[C@H]1C(=O)NCc1nc-2oc1C. The zero-order valence-electron chi connectivity index (χ0n) is 25.5. The Morgan fingerprint density at radius 1 is 1.15 bits per heavy atom. The molecule has 0 unspecified atom stereocenters. The first-order chi connectivity index (χ1) is 22.3.